The average Bonchev–Trinajstić information content (AvgIpc) is 3.09. The van der Waals surface area contributed by atoms with Gasteiger partial charge in [-0.1, -0.05) is 226 Å². The van der Waals surface area contributed by atoms with E-state index in [0.29, 0.717) is 26.4 Å². The van der Waals surface area contributed by atoms with Gasteiger partial charge in [0.05, 0.1) is 13.2 Å². The Morgan fingerprint density at radius 1 is 0.354 bits per heavy atom. The summed E-state index contributed by atoms with van der Waals surface area (Å²) in [5.74, 6) is -0.226. The summed E-state index contributed by atoms with van der Waals surface area (Å²) in [7, 11) is 0. The number of carbonyl (C=O) groups is 1. The molecule has 0 bridgehead atoms. The van der Waals surface area contributed by atoms with Crippen LogP contribution in [0.25, 0.3) is 0 Å². The van der Waals surface area contributed by atoms with Crippen LogP contribution < -0.4 is 0 Å². The first-order valence-electron chi connectivity index (χ1n) is 22.1. The summed E-state index contributed by atoms with van der Waals surface area (Å²) in [4.78, 5) is 12.9. The van der Waals surface area contributed by atoms with E-state index in [0.717, 1.165) is 25.7 Å². The monoisotopic (exact) mass is 681 g/mol. The quantitative estimate of drug-likeness (QED) is 0.0475. The van der Waals surface area contributed by atoms with Crippen LogP contribution in [-0.4, -0.2) is 38.5 Å². The van der Waals surface area contributed by atoms with Crippen LogP contribution in [0.2, 0.25) is 0 Å². The van der Waals surface area contributed by atoms with Crippen LogP contribution in [0.3, 0.4) is 0 Å². The molecule has 1 atom stereocenters. The first-order valence-corrected chi connectivity index (χ1v) is 22.1. The minimum atomic E-state index is -0.581. The summed E-state index contributed by atoms with van der Waals surface area (Å²) in [6, 6.07) is 0. The highest BCUT2D eigenvalue weighted by Gasteiger charge is 2.21. The van der Waals surface area contributed by atoms with Crippen LogP contribution in [0.5, 0.6) is 0 Å². The first-order chi connectivity index (χ1) is 23.8. The normalized spacial score (nSPS) is 12.1. The summed E-state index contributed by atoms with van der Waals surface area (Å²) in [5.41, 5.74) is 0. The maximum atomic E-state index is 12.9. The Morgan fingerprint density at radius 3 is 0.958 bits per heavy atom. The highest BCUT2D eigenvalue weighted by molar-refractivity contribution is 5.74. The number of hydrogen-bond acceptors (Lipinski definition) is 4. The molecule has 48 heavy (non-hydrogen) atoms. The molecule has 0 amide bonds. The second-order valence-corrected chi connectivity index (χ2v) is 14.9. The van der Waals surface area contributed by atoms with Gasteiger partial charge in [0.25, 0.3) is 0 Å². The third kappa shape index (κ3) is 38.2. The van der Waals surface area contributed by atoms with E-state index < -0.39 is 6.10 Å². The Labute approximate surface area is 302 Å². The number of hydrogen-bond donors (Lipinski definition) is 0. The molecule has 0 aromatic heterocycles. The lowest BCUT2D eigenvalue weighted by molar-refractivity contribution is -0.161. The Morgan fingerprint density at radius 2 is 0.625 bits per heavy atom. The molecule has 0 rings (SSSR count). The number of rotatable bonds is 42. The molecule has 288 valence electrons. The zero-order valence-electron chi connectivity index (χ0n) is 33.3. The predicted octanol–water partition coefficient (Wildman–Crippen LogP) is 14.6. The minimum absolute atomic E-state index is 0.226. The molecule has 0 fully saturated rings. The lowest BCUT2D eigenvalue weighted by Crippen LogP contribution is -2.32. The summed E-state index contributed by atoms with van der Waals surface area (Å²) in [6.07, 6.45) is 45.6. The Kier molecular flexibility index (Phi) is 42.0. The summed E-state index contributed by atoms with van der Waals surface area (Å²) >= 11 is 0. The lowest BCUT2D eigenvalue weighted by Gasteiger charge is -2.17. The van der Waals surface area contributed by atoms with Gasteiger partial charge in [-0.15, -0.1) is 0 Å². The van der Waals surface area contributed by atoms with Crippen molar-refractivity contribution in [3.05, 3.63) is 0 Å². The molecule has 0 aromatic rings. The molecule has 0 radical (unpaired) electrons. The van der Waals surface area contributed by atoms with Gasteiger partial charge < -0.3 is 14.2 Å². The SMILES string of the molecule is CCCCCCCCCCCCCCCCCOC(=O)C(COCCCCCCCCCCCC)OCCCCCCCCCCCC. The molecular formula is C44H88O4. The average molecular weight is 681 g/mol. The van der Waals surface area contributed by atoms with Crippen LogP contribution in [0.4, 0.5) is 0 Å². The smallest absolute Gasteiger partial charge is 0.337 e. The molecule has 0 aliphatic carbocycles. The fourth-order valence-electron chi connectivity index (χ4n) is 6.62. The molecule has 0 saturated heterocycles. The van der Waals surface area contributed by atoms with Crippen LogP contribution >= 0.6 is 0 Å². The Balaban J connectivity index is 4.02. The van der Waals surface area contributed by atoms with Gasteiger partial charge in [-0.05, 0) is 19.3 Å². The minimum Gasteiger partial charge on any atom is -0.464 e. The van der Waals surface area contributed by atoms with Gasteiger partial charge in [0.15, 0.2) is 6.10 Å². The zero-order chi connectivity index (χ0) is 34.9. The number of esters is 1. The predicted molar refractivity (Wildman–Crippen MR) is 210 cm³/mol. The van der Waals surface area contributed by atoms with Crippen molar-refractivity contribution in [3.8, 4) is 0 Å². The van der Waals surface area contributed by atoms with Crippen LogP contribution in [-0.2, 0) is 19.0 Å². The summed E-state index contributed by atoms with van der Waals surface area (Å²) < 4.78 is 17.7. The van der Waals surface area contributed by atoms with Crippen molar-refractivity contribution in [2.24, 2.45) is 0 Å². The van der Waals surface area contributed by atoms with Crippen LogP contribution in [0.1, 0.15) is 245 Å². The molecule has 0 aliphatic rings. The molecule has 4 nitrogen and oxygen atoms in total. The van der Waals surface area contributed by atoms with Gasteiger partial charge >= 0.3 is 5.97 Å². The van der Waals surface area contributed by atoms with Crippen molar-refractivity contribution in [1.29, 1.82) is 0 Å². The molecule has 0 spiro atoms. The van der Waals surface area contributed by atoms with Gasteiger partial charge in [0.1, 0.15) is 0 Å². The molecular weight excluding hydrogens is 592 g/mol. The largest absolute Gasteiger partial charge is 0.464 e. The van der Waals surface area contributed by atoms with Crippen molar-refractivity contribution in [1.82, 2.24) is 0 Å². The second kappa shape index (κ2) is 42.6. The zero-order valence-corrected chi connectivity index (χ0v) is 33.3. The fourth-order valence-corrected chi connectivity index (χ4v) is 6.62. The molecule has 0 aliphatic heterocycles. The topological polar surface area (TPSA) is 44.8 Å². The molecule has 1 unspecified atom stereocenters. The van der Waals surface area contributed by atoms with Crippen LogP contribution in [0, 0.1) is 0 Å². The number of unbranched alkanes of at least 4 members (excludes halogenated alkanes) is 32. The van der Waals surface area contributed by atoms with Gasteiger partial charge in [-0.2, -0.15) is 0 Å². The van der Waals surface area contributed by atoms with E-state index in [1.165, 1.54) is 199 Å². The molecule has 0 saturated carbocycles. The van der Waals surface area contributed by atoms with Gasteiger partial charge in [-0.25, -0.2) is 4.79 Å². The second-order valence-electron chi connectivity index (χ2n) is 14.9. The number of ether oxygens (including phenoxy) is 3. The molecule has 0 N–H and O–H groups in total. The van der Waals surface area contributed by atoms with Gasteiger partial charge in [0.2, 0.25) is 0 Å². The Hall–Kier alpha value is -0.610. The van der Waals surface area contributed by atoms with E-state index in [9.17, 15) is 4.79 Å². The van der Waals surface area contributed by atoms with E-state index >= 15 is 0 Å². The van der Waals surface area contributed by atoms with E-state index in [1.807, 2.05) is 0 Å². The fraction of sp³-hybridized carbons (Fsp3) is 0.977. The van der Waals surface area contributed by atoms with Gasteiger partial charge in [-0.3, -0.25) is 0 Å². The third-order valence-corrected chi connectivity index (χ3v) is 9.98. The molecule has 0 aromatic carbocycles. The van der Waals surface area contributed by atoms with E-state index in [-0.39, 0.29) is 5.97 Å². The summed E-state index contributed by atoms with van der Waals surface area (Å²) in [5, 5.41) is 0. The standard InChI is InChI=1S/C44H88O4/c1-4-7-10-13-16-19-22-23-24-25-26-29-32-35-38-41-48-44(45)43(47-40-37-34-31-28-21-18-15-12-9-6-3)42-46-39-36-33-30-27-20-17-14-11-8-5-2/h43H,4-42H2,1-3H3. The van der Waals surface area contributed by atoms with Crippen molar-refractivity contribution < 1.29 is 19.0 Å². The maximum Gasteiger partial charge on any atom is 0.337 e. The summed E-state index contributed by atoms with van der Waals surface area (Å²) in [6.45, 7) is 9.01. The maximum absolute atomic E-state index is 12.9. The van der Waals surface area contributed by atoms with Crippen LogP contribution in [0.15, 0.2) is 0 Å². The van der Waals surface area contributed by atoms with E-state index in [4.69, 9.17) is 14.2 Å². The number of carbonyl (C=O) groups excluding carboxylic acids is 1. The highest BCUT2D eigenvalue weighted by Crippen LogP contribution is 2.15. The van der Waals surface area contributed by atoms with E-state index in [2.05, 4.69) is 20.8 Å². The molecule has 4 heteroatoms. The van der Waals surface area contributed by atoms with Crippen molar-refractivity contribution >= 4 is 5.97 Å². The third-order valence-electron chi connectivity index (χ3n) is 9.98. The first kappa shape index (κ1) is 47.4. The van der Waals surface area contributed by atoms with Gasteiger partial charge in [0, 0.05) is 13.2 Å². The van der Waals surface area contributed by atoms with Crippen molar-refractivity contribution in [3.63, 3.8) is 0 Å². The highest BCUT2D eigenvalue weighted by atomic mass is 16.6. The Bertz CT molecular complexity index is 594. The van der Waals surface area contributed by atoms with E-state index in [1.54, 1.807) is 0 Å². The lowest BCUT2D eigenvalue weighted by atomic mass is 10.0. The van der Waals surface area contributed by atoms with Crippen molar-refractivity contribution in [2.45, 2.75) is 252 Å². The molecule has 0 heterocycles. The van der Waals surface area contributed by atoms with Crippen molar-refractivity contribution in [2.75, 3.05) is 26.4 Å².